The highest BCUT2D eigenvalue weighted by atomic mass is 31.2. The molecule has 3 N–H and O–H groups in total. The fourth-order valence-corrected chi connectivity index (χ4v) is 12.7. The summed E-state index contributed by atoms with van der Waals surface area (Å²) in [6.45, 7) is 11.8. The van der Waals surface area contributed by atoms with Crippen molar-refractivity contribution in [3.05, 3.63) is 0 Å². The molecular formula is C73H142O17P2. The van der Waals surface area contributed by atoms with Gasteiger partial charge in [-0.05, 0) is 43.4 Å². The van der Waals surface area contributed by atoms with Crippen LogP contribution >= 0.6 is 15.6 Å². The van der Waals surface area contributed by atoms with Gasteiger partial charge in [-0.3, -0.25) is 37.3 Å². The van der Waals surface area contributed by atoms with Crippen LogP contribution in [0.3, 0.4) is 0 Å². The molecule has 0 aliphatic heterocycles. The van der Waals surface area contributed by atoms with Crippen LogP contribution in [0.5, 0.6) is 0 Å². The summed E-state index contributed by atoms with van der Waals surface area (Å²) in [5.74, 6) is 0.204. The molecule has 0 spiro atoms. The number of rotatable bonds is 71. The normalized spacial score (nSPS) is 14.1. The molecule has 17 nitrogen and oxygen atoms in total. The lowest BCUT2D eigenvalue weighted by molar-refractivity contribution is -0.161. The third kappa shape index (κ3) is 66.7. The van der Waals surface area contributed by atoms with E-state index in [0.717, 1.165) is 114 Å². The monoisotopic (exact) mass is 1350 g/mol. The van der Waals surface area contributed by atoms with Gasteiger partial charge < -0.3 is 33.8 Å². The highest BCUT2D eigenvalue weighted by molar-refractivity contribution is 7.47. The minimum absolute atomic E-state index is 0.104. The summed E-state index contributed by atoms with van der Waals surface area (Å²) in [5.41, 5.74) is 0. The first kappa shape index (κ1) is 90.1. The van der Waals surface area contributed by atoms with Crippen LogP contribution in [0.15, 0.2) is 0 Å². The number of carbonyl (C=O) groups excluding carboxylic acids is 4. The van der Waals surface area contributed by atoms with Crippen molar-refractivity contribution in [2.45, 2.75) is 388 Å². The van der Waals surface area contributed by atoms with Gasteiger partial charge in [-0.15, -0.1) is 0 Å². The van der Waals surface area contributed by atoms with Crippen LogP contribution in [-0.4, -0.2) is 96.7 Å². The molecule has 0 amide bonds. The predicted molar refractivity (Wildman–Crippen MR) is 372 cm³/mol. The van der Waals surface area contributed by atoms with E-state index in [9.17, 15) is 43.2 Å². The number of hydrogen-bond donors (Lipinski definition) is 3. The number of phosphoric ester groups is 2. The molecule has 0 aliphatic carbocycles. The molecule has 0 aromatic rings. The van der Waals surface area contributed by atoms with E-state index in [0.29, 0.717) is 25.7 Å². The summed E-state index contributed by atoms with van der Waals surface area (Å²) in [6.07, 6.45) is 49.0. The molecular weight excluding hydrogens is 1210 g/mol. The fourth-order valence-electron chi connectivity index (χ4n) is 11.1. The van der Waals surface area contributed by atoms with E-state index in [1.165, 1.54) is 173 Å². The van der Waals surface area contributed by atoms with Gasteiger partial charge in [-0.1, -0.05) is 318 Å². The van der Waals surface area contributed by atoms with Gasteiger partial charge in [0.05, 0.1) is 26.4 Å². The average molecular weight is 1350 g/mol. The van der Waals surface area contributed by atoms with E-state index in [2.05, 4.69) is 48.5 Å². The van der Waals surface area contributed by atoms with Gasteiger partial charge in [0.2, 0.25) is 0 Å². The summed E-state index contributed by atoms with van der Waals surface area (Å²) >= 11 is 0. The molecule has 2 unspecified atom stereocenters. The van der Waals surface area contributed by atoms with Gasteiger partial charge in [-0.2, -0.15) is 0 Å². The van der Waals surface area contributed by atoms with E-state index < -0.39 is 97.5 Å². The molecule has 0 heterocycles. The van der Waals surface area contributed by atoms with Gasteiger partial charge in [0.1, 0.15) is 19.3 Å². The molecule has 546 valence electrons. The molecule has 0 aromatic heterocycles. The van der Waals surface area contributed by atoms with Crippen molar-refractivity contribution in [2.24, 2.45) is 17.8 Å². The number of esters is 4. The Kier molecular flexibility index (Phi) is 62.4. The van der Waals surface area contributed by atoms with Crippen LogP contribution in [-0.2, 0) is 65.4 Å². The minimum Gasteiger partial charge on any atom is -0.462 e. The molecule has 0 saturated heterocycles. The second kappa shape index (κ2) is 63.8. The number of aliphatic hydroxyl groups is 1. The number of aliphatic hydroxyl groups excluding tert-OH is 1. The zero-order valence-corrected chi connectivity index (χ0v) is 61.8. The Bertz CT molecular complexity index is 1800. The Labute approximate surface area is 562 Å². The SMILES string of the molecule is CCCCCCCC(=O)OC[C@H](COP(=O)(O)OC[C@H](O)COP(=O)(O)OC[C@@H](COC(=O)CCCCCCCCCCCCCCCC(C)C)OC(=O)CCCCCCCCCCCCCCCCCCC(C)C)OC(=O)CCCCCCCCCCCC(C)C. The van der Waals surface area contributed by atoms with Gasteiger partial charge in [0.25, 0.3) is 0 Å². The average Bonchev–Trinajstić information content (AvgIpc) is 1.42. The molecule has 19 heteroatoms. The first-order valence-electron chi connectivity index (χ1n) is 37.8. The lowest BCUT2D eigenvalue weighted by Gasteiger charge is -2.21. The molecule has 0 aromatic carbocycles. The van der Waals surface area contributed by atoms with E-state index in [1.807, 2.05) is 0 Å². The molecule has 0 bridgehead atoms. The van der Waals surface area contributed by atoms with Crippen LogP contribution in [0, 0.1) is 17.8 Å². The largest absolute Gasteiger partial charge is 0.472 e. The second-order valence-electron chi connectivity index (χ2n) is 27.8. The van der Waals surface area contributed by atoms with Crippen molar-refractivity contribution >= 4 is 39.5 Å². The smallest absolute Gasteiger partial charge is 0.462 e. The summed E-state index contributed by atoms with van der Waals surface area (Å²) in [5, 5.41) is 10.6. The lowest BCUT2D eigenvalue weighted by Crippen LogP contribution is -2.30. The molecule has 0 fully saturated rings. The van der Waals surface area contributed by atoms with Crippen LogP contribution in [0.2, 0.25) is 0 Å². The molecule has 0 aliphatic rings. The summed E-state index contributed by atoms with van der Waals surface area (Å²) in [7, 11) is -9.90. The van der Waals surface area contributed by atoms with Gasteiger partial charge in [0.15, 0.2) is 12.2 Å². The Morgan fingerprint density at radius 1 is 0.293 bits per heavy atom. The molecule has 0 radical (unpaired) electrons. The van der Waals surface area contributed by atoms with Gasteiger partial charge in [0, 0.05) is 25.7 Å². The van der Waals surface area contributed by atoms with Crippen molar-refractivity contribution in [1.29, 1.82) is 0 Å². The lowest BCUT2D eigenvalue weighted by atomic mass is 10.0. The topological polar surface area (TPSA) is 237 Å². The summed E-state index contributed by atoms with van der Waals surface area (Å²) in [4.78, 5) is 72.4. The van der Waals surface area contributed by atoms with Crippen LogP contribution in [0.1, 0.15) is 370 Å². The fraction of sp³-hybridized carbons (Fsp3) is 0.945. The standard InChI is InChI=1S/C73H142O17P2/c1-8-9-10-37-47-54-70(75)83-60-68(89-73(78)57-50-43-36-30-24-27-33-40-46-53-66(6)7)62-87-91(79,80)85-58-67(74)59-86-92(81,82)88-63-69(61-84-71(76)55-48-41-34-28-22-19-15-17-21-26-32-39-45-52-65(4)5)90-72(77)56-49-42-35-29-23-18-14-12-11-13-16-20-25-31-38-44-51-64(2)3/h64-69,74H,8-63H2,1-7H3,(H,79,80)(H,81,82)/t67-,68+,69+/m0/s1. The maximum atomic E-state index is 13.1. The van der Waals surface area contributed by atoms with Crippen molar-refractivity contribution in [3.63, 3.8) is 0 Å². The third-order valence-corrected chi connectivity index (χ3v) is 18.8. The molecule has 92 heavy (non-hydrogen) atoms. The highest BCUT2D eigenvalue weighted by Gasteiger charge is 2.30. The van der Waals surface area contributed by atoms with E-state index in [4.69, 9.17) is 37.0 Å². The van der Waals surface area contributed by atoms with Crippen LogP contribution < -0.4 is 0 Å². The Hall–Kier alpha value is -1.94. The first-order chi connectivity index (χ1) is 44.2. The Morgan fingerprint density at radius 3 is 0.739 bits per heavy atom. The Morgan fingerprint density at radius 2 is 0.500 bits per heavy atom. The van der Waals surface area contributed by atoms with Crippen molar-refractivity contribution in [3.8, 4) is 0 Å². The molecule has 0 saturated carbocycles. The van der Waals surface area contributed by atoms with Gasteiger partial charge in [-0.25, -0.2) is 9.13 Å². The maximum absolute atomic E-state index is 13.1. The van der Waals surface area contributed by atoms with Crippen LogP contribution in [0.25, 0.3) is 0 Å². The highest BCUT2D eigenvalue weighted by Crippen LogP contribution is 2.45. The number of unbranched alkanes of at least 4 members (excludes halogenated alkanes) is 39. The van der Waals surface area contributed by atoms with Crippen molar-refractivity contribution in [2.75, 3.05) is 39.6 Å². The second-order valence-corrected chi connectivity index (χ2v) is 30.7. The molecule has 5 atom stereocenters. The quantitative estimate of drug-likeness (QED) is 0.0222. The Balaban J connectivity index is 5.15. The number of carbonyl (C=O) groups is 4. The zero-order valence-electron chi connectivity index (χ0n) is 60.0. The number of ether oxygens (including phenoxy) is 4. The van der Waals surface area contributed by atoms with E-state index in [-0.39, 0.29) is 25.7 Å². The van der Waals surface area contributed by atoms with E-state index in [1.54, 1.807) is 0 Å². The number of phosphoric acid groups is 2. The predicted octanol–water partition coefficient (Wildman–Crippen LogP) is 21.0. The number of hydrogen-bond acceptors (Lipinski definition) is 15. The maximum Gasteiger partial charge on any atom is 0.472 e. The minimum atomic E-state index is -4.95. The molecule has 0 rings (SSSR count). The summed E-state index contributed by atoms with van der Waals surface area (Å²) in [6, 6.07) is 0. The third-order valence-electron chi connectivity index (χ3n) is 16.9. The van der Waals surface area contributed by atoms with E-state index >= 15 is 0 Å². The zero-order chi connectivity index (χ0) is 68.0. The summed E-state index contributed by atoms with van der Waals surface area (Å²) < 4.78 is 68.2. The van der Waals surface area contributed by atoms with Gasteiger partial charge >= 0.3 is 39.5 Å². The van der Waals surface area contributed by atoms with Crippen molar-refractivity contribution < 1.29 is 80.2 Å². The van der Waals surface area contributed by atoms with Crippen LogP contribution in [0.4, 0.5) is 0 Å². The first-order valence-corrected chi connectivity index (χ1v) is 40.8. The van der Waals surface area contributed by atoms with Crippen molar-refractivity contribution in [1.82, 2.24) is 0 Å².